The number of aliphatic hydroxyl groups excluding tert-OH is 1. The van der Waals surface area contributed by atoms with Crippen LogP contribution in [0.1, 0.15) is 37.0 Å². The number of aliphatic hydroxyl groups is 1. The van der Waals surface area contributed by atoms with Gasteiger partial charge in [-0.15, -0.1) is 0 Å². The molecule has 7 nitrogen and oxygen atoms in total. The van der Waals surface area contributed by atoms with Gasteiger partial charge < -0.3 is 19.7 Å². The molecule has 0 bridgehead atoms. The summed E-state index contributed by atoms with van der Waals surface area (Å²) in [6, 6.07) is 13.0. The van der Waals surface area contributed by atoms with E-state index in [0.29, 0.717) is 10.6 Å². The number of carboxylic acids is 1. The number of halogens is 2. The van der Waals surface area contributed by atoms with Crippen molar-refractivity contribution >= 4 is 40.9 Å². The van der Waals surface area contributed by atoms with E-state index in [-0.39, 0.29) is 23.6 Å². The Morgan fingerprint density at radius 3 is 2.43 bits per heavy atom. The van der Waals surface area contributed by atoms with Crippen molar-refractivity contribution in [1.29, 1.82) is 0 Å². The number of carboxylic acid groups (broad SMARTS) is 1. The average Bonchev–Trinajstić information content (AvgIpc) is 3.07. The third-order valence-electron chi connectivity index (χ3n) is 5.89. The smallest absolute Gasteiger partial charge is 0.338 e. The number of rotatable bonds is 9. The van der Waals surface area contributed by atoms with Gasteiger partial charge in [0.25, 0.3) is 0 Å². The van der Waals surface area contributed by atoms with Crippen LogP contribution in [0.3, 0.4) is 0 Å². The van der Waals surface area contributed by atoms with E-state index in [0.717, 1.165) is 0 Å². The molecule has 0 spiro atoms. The van der Waals surface area contributed by atoms with Crippen LogP contribution in [0.25, 0.3) is 0 Å². The molecule has 2 aromatic rings. The van der Waals surface area contributed by atoms with Gasteiger partial charge in [-0.1, -0.05) is 47.5 Å². The van der Waals surface area contributed by atoms with Gasteiger partial charge in [-0.05, 0) is 50.3 Å². The van der Waals surface area contributed by atoms with Crippen LogP contribution in [-0.4, -0.2) is 45.7 Å². The Morgan fingerprint density at radius 2 is 1.80 bits per heavy atom. The summed E-state index contributed by atoms with van der Waals surface area (Å²) < 4.78 is 11.4. The molecule has 2 N–H and O–H groups in total. The summed E-state index contributed by atoms with van der Waals surface area (Å²) in [5.41, 5.74) is -0.985. The summed E-state index contributed by atoms with van der Waals surface area (Å²) in [6.07, 6.45) is 0.653. The molecular formula is C26H26Cl2O7. The molecule has 1 aliphatic carbocycles. The third kappa shape index (κ3) is 6.84. The van der Waals surface area contributed by atoms with E-state index < -0.39 is 47.4 Å². The highest BCUT2D eigenvalue weighted by Crippen LogP contribution is 2.38. The lowest BCUT2D eigenvalue weighted by atomic mass is 9.89. The number of hydrogen-bond acceptors (Lipinski definition) is 6. The first-order valence-corrected chi connectivity index (χ1v) is 11.8. The Hall–Kier alpha value is -2.87. The lowest BCUT2D eigenvalue weighted by Crippen LogP contribution is -2.37. The van der Waals surface area contributed by atoms with Gasteiger partial charge in [0.05, 0.1) is 23.1 Å². The summed E-state index contributed by atoms with van der Waals surface area (Å²) >= 11 is 12.1. The van der Waals surface area contributed by atoms with Gasteiger partial charge in [0.1, 0.15) is 11.9 Å². The van der Waals surface area contributed by atoms with Gasteiger partial charge in [-0.2, -0.15) is 0 Å². The fourth-order valence-electron chi connectivity index (χ4n) is 4.03. The first-order valence-electron chi connectivity index (χ1n) is 11.0. The van der Waals surface area contributed by atoms with Gasteiger partial charge in [-0.3, -0.25) is 9.59 Å². The predicted molar refractivity (Wildman–Crippen MR) is 131 cm³/mol. The van der Waals surface area contributed by atoms with Crippen molar-refractivity contribution in [2.75, 3.05) is 0 Å². The second-order valence-corrected chi connectivity index (χ2v) is 9.71. The molecule has 3 rings (SSSR count). The van der Waals surface area contributed by atoms with E-state index in [1.54, 1.807) is 56.3 Å². The number of esters is 1. The fraction of sp³-hybridized carbons (Fsp3) is 0.346. The summed E-state index contributed by atoms with van der Waals surface area (Å²) in [5.74, 6) is -3.27. The molecule has 0 amide bonds. The van der Waals surface area contributed by atoms with Crippen molar-refractivity contribution < 1.29 is 34.1 Å². The zero-order valence-electron chi connectivity index (χ0n) is 19.2. The average molecular weight is 521 g/mol. The minimum Gasteiger partial charge on any atom is -0.481 e. The maximum absolute atomic E-state index is 13.0. The summed E-state index contributed by atoms with van der Waals surface area (Å²) in [7, 11) is 0. The van der Waals surface area contributed by atoms with Crippen molar-refractivity contribution in [2.24, 2.45) is 11.8 Å². The monoisotopic (exact) mass is 520 g/mol. The Kier molecular flexibility index (Phi) is 8.59. The molecule has 1 aliphatic rings. The van der Waals surface area contributed by atoms with Crippen LogP contribution < -0.4 is 4.74 Å². The lowest BCUT2D eigenvalue weighted by molar-refractivity contribution is -0.139. The van der Waals surface area contributed by atoms with E-state index in [4.69, 9.17) is 32.7 Å². The predicted octanol–water partition coefficient (Wildman–Crippen LogP) is 4.97. The zero-order chi connectivity index (χ0) is 25.8. The summed E-state index contributed by atoms with van der Waals surface area (Å²) in [4.78, 5) is 37.0. The number of aliphatic carboxylic acids is 1. The number of ketones is 1. The van der Waals surface area contributed by atoms with Gasteiger partial charge >= 0.3 is 11.9 Å². The standard InChI is InChI=1S/C26H26Cl2O7/c1-26(2,35-21-10-8-16(27)12-19(21)28)23(30)11-9-17-18(13-24(31)32)20(29)14-22(17)34-25(33)15-6-4-3-5-7-15/h3-12,17-18,20,22,29H,13-14H2,1-2H3,(H,31,32)/t17-,18-,20+,22-/m0/s1. The van der Waals surface area contributed by atoms with Crippen molar-refractivity contribution in [1.82, 2.24) is 0 Å². The normalized spacial score (nSPS) is 22.2. The Labute approximate surface area is 213 Å². The van der Waals surface area contributed by atoms with E-state index in [1.807, 2.05) is 0 Å². The van der Waals surface area contributed by atoms with Crippen molar-refractivity contribution in [3.8, 4) is 5.75 Å². The molecule has 186 valence electrons. The molecule has 1 saturated carbocycles. The van der Waals surface area contributed by atoms with E-state index in [9.17, 15) is 24.6 Å². The van der Waals surface area contributed by atoms with Crippen LogP contribution >= 0.6 is 23.2 Å². The van der Waals surface area contributed by atoms with E-state index in [2.05, 4.69) is 0 Å². The number of carbonyl (C=O) groups is 3. The number of ether oxygens (including phenoxy) is 2. The van der Waals surface area contributed by atoms with Crippen molar-refractivity contribution in [3.63, 3.8) is 0 Å². The molecule has 4 atom stereocenters. The molecule has 0 radical (unpaired) electrons. The Balaban J connectivity index is 1.79. The minimum atomic E-state index is -1.32. The lowest BCUT2D eigenvalue weighted by Gasteiger charge is -2.25. The van der Waals surface area contributed by atoms with Gasteiger partial charge in [0.15, 0.2) is 11.4 Å². The third-order valence-corrected chi connectivity index (χ3v) is 6.42. The maximum Gasteiger partial charge on any atom is 0.338 e. The van der Waals surface area contributed by atoms with Crippen LogP contribution in [0, 0.1) is 11.8 Å². The second kappa shape index (κ2) is 11.2. The van der Waals surface area contributed by atoms with Crippen LogP contribution in [0.4, 0.5) is 0 Å². The van der Waals surface area contributed by atoms with E-state index in [1.165, 1.54) is 18.2 Å². The van der Waals surface area contributed by atoms with Crippen molar-refractivity contribution in [3.05, 3.63) is 76.3 Å². The van der Waals surface area contributed by atoms with Crippen molar-refractivity contribution in [2.45, 2.75) is 44.5 Å². The number of benzene rings is 2. The zero-order valence-corrected chi connectivity index (χ0v) is 20.7. The Bertz CT molecular complexity index is 1110. The molecule has 0 heterocycles. The molecule has 0 unspecified atom stereocenters. The van der Waals surface area contributed by atoms with Gasteiger partial charge in [0, 0.05) is 23.3 Å². The molecule has 0 aliphatic heterocycles. The van der Waals surface area contributed by atoms with Gasteiger partial charge in [-0.25, -0.2) is 4.79 Å². The first kappa shape index (κ1) is 26.7. The number of carbonyl (C=O) groups excluding carboxylic acids is 2. The first-order chi connectivity index (χ1) is 16.5. The summed E-state index contributed by atoms with van der Waals surface area (Å²) in [6.45, 7) is 3.13. The molecule has 0 aromatic heterocycles. The largest absolute Gasteiger partial charge is 0.481 e. The minimum absolute atomic E-state index is 0.0555. The highest BCUT2D eigenvalue weighted by Gasteiger charge is 2.44. The molecule has 9 heteroatoms. The topological polar surface area (TPSA) is 110 Å². The summed E-state index contributed by atoms with van der Waals surface area (Å²) in [5, 5.41) is 20.5. The second-order valence-electron chi connectivity index (χ2n) is 8.86. The molecular weight excluding hydrogens is 495 g/mol. The van der Waals surface area contributed by atoms with Crippen LogP contribution in [-0.2, 0) is 14.3 Å². The molecule has 2 aromatic carbocycles. The van der Waals surface area contributed by atoms with Crippen LogP contribution in [0.2, 0.25) is 10.0 Å². The molecule has 1 fully saturated rings. The highest BCUT2D eigenvalue weighted by molar-refractivity contribution is 6.35. The van der Waals surface area contributed by atoms with E-state index >= 15 is 0 Å². The van der Waals surface area contributed by atoms with Gasteiger partial charge in [0.2, 0.25) is 0 Å². The molecule has 0 saturated heterocycles. The Morgan fingerprint density at radius 1 is 1.11 bits per heavy atom. The highest BCUT2D eigenvalue weighted by atomic mass is 35.5. The molecule has 35 heavy (non-hydrogen) atoms. The quantitative estimate of drug-likeness (QED) is 0.354. The fourth-order valence-corrected chi connectivity index (χ4v) is 4.48. The number of hydrogen-bond donors (Lipinski definition) is 2. The SMILES string of the molecule is CC(C)(Oc1ccc(Cl)cc1Cl)C(=O)C=C[C@H]1[C@H](CC(=O)O)[C@H](O)C[C@@H]1OC(=O)c1ccccc1. The van der Waals surface area contributed by atoms with Crippen LogP contribution in [0.15, 0.2) is 60.7 Å². The maximum atomic E-state index is 13.0. The van der Waals surface area contributed by atoms with Crippen LogP contribution in [0.5, 0.6) is 5.75 Å².